The minimum atomic E-state index is -0.568. The van der Waals surface area contributed by atoms with E-state index in [0.29, 0.717) is 19.0 Å². The molecule has 0 radical (unpaired) electrons. The molecule has 1 aliphatic carbocycles. The molecule has 2 N–H and O–H groups in total. The van der Waals surface area contributed by atoms with Crippen molar-refractivity contribution in [3.8, 4) is 0 Å². The van der Waals surface area contributed by atoms with E-state index in [-0.39, 0.29) is 6.03 Å². The number of nitrogens with zero attached hydrogens (tertiary/aromatic N) is 2. The molecule has 22 heavy (non-hydrogen) atoms. The molecule has 3 aliphatic rings. The highest BCUT2D eigenvalue weighted by molar-refractivity contribution is 5.75. The molecule has 1 atom stereocenters. The molecule has 0 aromatic heterocycles. The fraction of sp³-hybridized carbons (Fsp3) is 0.941. The van der Waals surface area contributed by atoms with Crippen LogP contribution in [0.15, 0.2) is 0 Å². The van der Waals surface area contributed by atoms with E-state index < -0.39 is 5.60 Å². The molecule has 2 aliphatic heterocycles. The van der Waals surface area contributed by atoms with Crippen LogP contribution >= 0.6 is 0 Å². The first-order chi connectivity index (χ1) is 10.6. The zero-order chi connectivity index (χ0) is 15.6. The number of hydrogen-bond acceptors (Lipinski definition) is 3. The lowest BCUT2D eigenvalue weighted by molar-refractivity contribution is -0.0917. The Bertz CT molecular complexity index is 391. The number of nitrogens with one attached hydrogen (secondary N) is 1. The minimum absolute atomic E-state index is 0.00309. The Morgan fingerprint density at radius 1 is 1.23 bits per heavy atom. The van der Waals surface area contributed by atoms with Gasteiger partial charge in [0.2, 0.25) is 0 Å². The van der Waals surface area contributed by atoms with Gasteiger partial charge in [0.15, 0.2) is 0 Å². The number of unbranched alkanes of at least 4 members (excludes halogenated alkanes) is 1. The number of aliphatic hydroxyl groups is 1. The number of hydrogen-bond donors (Lipinski definition) is 2. The van der Waals surface area contributed by atoms with Crippen molar-refractivity contribution in [1.29, 1.82) is 0 Å². The van der Waals surface area contributed by atoms with Gasteiger partial charge < -0.3 is 20.2 Å². The topological polar surface area (TPSA) is 55.8 Å². The fourth-order valence-corrected chi connectivity index (χ4v) is 3.87. The monoisotopic (exact) mass is 309 g/mol. The molecule has 0 aromatic carbocycles. The highest BCUT2D eigenvalue weighted by atomic mass is 16.3. The van der Waals surface area contributed by atoms with E-state index in [1.54, 1.807) is 4.90 Å². The highest BCUT2D eigenvalue weighted by Gasteiger charge is 2.53. The Kier molecular flexibility index (Phi) is 4.93. The second kappa shape index (κ2) is 6.75. The van der Waals surface area contributed by atoms with Crippen LogP contribution in [-0.4, -0.2) is 65.3 Å². The first-order valence-electron chi connectivity index (χ1n) is 9.08. The standard InChI is InChI=1S/C17H31N3O2/c1-14-6-2-4-10-19(14)11-5-3-9-18-16(21)20-12-17(22,13-20)15-7-8-15/h14-15,22H,2-13H2,1H3,(H,18,21). The summed E-state index contributed by atoms with van der Waals surface area (Å²) in [6.45, 7) is 6.51. The molecule has 3 fully saturated rings. The van der Waals surface area contributed by atoms with Crippen LogP contribution in [0, 0.1) is 5.92 Å². The van der Waals surface area contributed by atoms with Crippen LogP contribution in [0.5, 0.6) is 0 Å². The van der Waals surface area contributed by atoms with Gasteiger partial charge in [-0.2, -0.15) is 0 Å². The van der Waals surface area contributed by atoms with Crippen LogP contribution in [-0.2, 0) is 0 Å². The Morgan fingerprint density at radius 3 is 2.68 bits per heavy atom. The summed E-state index contributed by atoms with van der Waals surface area (Å²) in [7, 11) is 0. The van der Waals surface area contributed by atoms with E-state index in [1.165, 1.54) is 25.8 Å². The third-order valence-corrected chi connectivity index (χ3v) is 5.64. The van der Waals surface area contributed by atoms with Gasteiger partial charge >= 0.3 is 6.03 Å². The van der Waals surface area contributed by atoms with Gasteiger partial charge in [-0.1, -0.05) is 6.42 Å². The van der Waals surface area contributed by atoms with Crippen molar-refractivity contribution in [1.82, 2.24) is 15.1 Å². The molecule has 2 saturated heterocycles. The Morgan fingerprint density at radius 2 is 2.00 bits per heavy atom. The van der Waals surface area contributed by atoms with Gasteiger partial charge in [-0.25, -0.2) is 4.79 Å². The summed E-state index contributed by atoms with van der Waals surface area (Å²) in [6, 6.07) is 0.723. The smallest absolute Gasteiger partial charge is 0.317 e. The summed E-state index contributed by atoms with van der Waals surface area (Å²) in [6.07, 6.45) is 8.47. The number of carbonyl (C=O) groups excluding carboxylic acids is 1. The van der Waals surface area contributed by atoms with Gasteiger partial charge in [-0.05, 0) is 64.5 Å². The van der Waals surface area contributed by atoms with Gasteiger partial charge in [-0.15, -0.1) is 0 Å². The van der Waals surface area contributed by atoms with Crippen LogP contribution in [0.3, 0.4) is 0 Å². The average Bonchev–Trinajstić information content (AvgIpc) is 3.30. The highest BCUT2D eigenvalue weighted by Crippen LogP contribution is 2.44. The van der Waals surface area contributed by atoms with Crippen molar-refractivity contribution in [2.75, 3.05) is 32.7 Å². The normalized spacial score (nSPS) is 28.3. The molecule has 5 nitrogen and oxygen atoms in total. The van der Waals surface area contributed by atoms with Gasteiger partial charge in [0.25, 0.3) is 0 Å². The Hall–Kier alpha value is -0.810. The van der Waals surface area contributed by atoms with Crippen molar-refractivity contribution in [2.24, 2.45) is 5.92 Å². The van der Waals surface area contributed by atoms with Crippen molar-refractivity contribution >= 4 is 6.03 Å². The van der Waals surface area contributed by atoms with Gasteiger partial charge in [0.05, 0.1) is 13.1 Å². The largest absolute Gasteiger partial charge is 0.386 e. The minimum Gasteiger partial charge on any atom is -0.386 e. The predicted octanol–water partition coefficient (Wildman–Crippen LogP) is 1.81. The lowest BCUT2D eigenvalue weighted by Gasteiger charge is -2.46. The number of carbonyl (C=O) groups is 1. The molecule has 2 amide bonds. The molecule has 0 bridgehead atoms. The lowest BCUT2D eigenvalue weighted by atomic mass is 9.89. The van der Waals surface area contributed by atoms with Crippen molar-refractivity contribution < 1.29 is 9.90 Å². The first kappa shape index (κ1) is 16.1. The molecule has 1 saturated carbocycles. The maximum Gasteiger partial charge on any atom is 0.317 e. The van der Waals surface area contributed by atoms with Gasteiger partial charge in [-0.3, -0.25) is 0 Å². The molecule has 126 valence electrons. The second-order valence-electron chi connectivity index (χ2n) is 7.55. The number of piperidine rings is 1. The van der Waals surface area contributed by atoms with E-state index in [9.17, 15) is 9.90 Å². The number of β-amino-alcohol motifs (C(OH)–C–C–N with tert-alkyl or cyclic N) is 1. The molecule has 3 rings (SSSR count). The molecule has 0 aromatic rings. The first-order valence-corrected chi connectivity index (χ1v) is 9.08. The third-order valence-electron chi connectivity index (χ3n) is 5.64. The maximum atomic E-state index is 12.0. The fourth-order valence-electron chi connectivity index (χ4n) is 3.87. The van der Waals surface area contributed by atoms with Gasteiger partial charge in [0.1, 0.15) is 5.60 Å². The van der Waals surface area contributed by atoms with Crippen molar-refractivity contribution in [2.45, 2.75) is 63.5 Å². The van der Waals surface area contributed by atoms with E-state index in [1.807, 2.05) is 0 Å². The Labute approximate surface area is 134 Å². The van der Waals surface area contributed by atoms with E-state index >= 15 is 0 Å². The zero-order valence-corrected chi connectivity index (χ0v) is 13.9. The summed E-state index contributed by atoms with van der Waals surface area (Å²) >= 11 is 0. The number of likely N-dealkylation sites (tertiary alicyclic amines) is 2. The average molecular weight is 309 g/mol. The van der Waals surface area contributed by atoms with Crippen LogP contribution in [0.25, 0.3) is 0 Å². The summed E-state index contributed by atoms with van der Waals surface area (Å²) in [5.41, 5.74) is -0.568. The van der Waals surface area contributed by atoms with E-state index in [2.05, 4.69) is 17.1 Å². The zero-order valence-electron chi connectivity index (χ0n) is 13.9. The summed E-state index contributed by atoms with van der Waals surface area (Å²) < 4.78 is 0. The number of urea groups is 1. The van der Waals surface area contributed by atoms with Crippen LogP contribution < -0.4 is 5.32 Å². The molecule has 0 spiro atoms. The Balaban J connectivity index is 1.24. The molecule has 5 heteroatoms. The summed E-state index contributed by atoms with van der Waals surface area (Å²) in [5, 5.41) is 13.2. The van der Waals surface area contributed by atoms with Crippen LogP contribution in [0.1, 0.15) is 51.9 Å². The second-order valence-corrected chi connectivity index (χ2v) is 7.55. The molecular weight excluding hydrogens is 278 g/mol. The van der Waals surface area contributed by atoms with Crippen LogP contribution in [0.4, 0.5) is 4.79 Å². The molecular formula is C17H31N3O2. The van der Waals surface area contributed by atoms with E-state index in [0.717, 1.165) is 44.8 Å². The molecule has 1 unspecified atom stereocenters. The lowest BCUT2D eigenvalue weighted by Crippen LogP contribution is -2.66. The summed E-state index contributed by atoms with van der Waals surface area (Å²) in [5.74, 6) is 0.447. The molecule has 2 heterocycles. The van der Waals surface area contributed by atoms with E-state index in [4.69, 9.17) is 0 Å². The third kappa shape index (κ3) is 3.74. The van der Waals surface area contributed by atoms with Crippen LogP contribution in [0.2, 0.25) is 0 Å². The maximum absolute atomic E-state index is 12.0. The number of amides is 2. The van der Waals surface area contributed by atoms with Gasteiger partial charge in [0, 0.05) is 12.6 Å². The predicted molar refractivity (Wildman–Crippen MR) is 86.8 cm³/mol. The SMILES string of the molecule is CC1CCCCN1CCCCNC(=O)N1CC(O)(C2CC2)C1. The quantitative estimate of drug-likeness (QED) is 0.736. The summed E-state index contributed by atoms with van der Waals surface area (Å²) in [4.78, 5) is 16.3. The van der Waals surface area contributed by atoms with Crippen molar-refractivity contribution in [3.05, 3.63) is 0 Å². The van der Waals surface area contributed by atoms with Crippen molar-refractivity contribution in [3.63, 3.8) is 0 Å². The number of rotatable bonds is 6.